The number of thiazole rings is 1. The Hall–Kier alpha value is -1.92. The molecule has 5 nitrogen and oxygen atoms in total. The number of hydrogen-bond acceptors (Lipinski definition) is 4. The van der Waals surface area contributed by atoms with E-state index >= 15 is 0 Å². The number of nitrogens with two attached hydrogens (primary N) is 1. The molecule has 6 heteroatoms. The van der Waals surface area contributed by atoms with E-state index < -0.39 is 0 Å². The van der Waals surface area contributed by atoms with Crippen LogP contribution in [0.4, 0.5) is 5.69 Å². The maximum Gasteiger partial charge on any atom is 0.193 e. The molecule has 0 aliphatic carbocycles. The van der Waals surface area contributed by atoms with E-state index in [1.54, 1.807) is 11.3 Å². The van der Waals surface area contributed by atoms with Crippen molar-refractivity contribution in [2.75, 3.05) is 25.0 Å². The minimum Gasteiger partial charge on any atom is -0.370 e. The van der Waals surface area contributed by atoms with E-state index in [1.165, 1.54) is 29.7 Å². The molecule has 1 aliphatic rings. The Morgan fingerprint density at radius 1 is 1.27 bits per heavy atom. The smallest absolute Gasteiger partial charge is 0.193 e. The third-order valence-electron chi connectivity index (χ3n) is 5.06. The molecule has 0 spiro atoms. The molecule has 2 heterocycles. The molecule has 0 unspecified atom stereocenters. The van der Waals surface area contributed by atoms with Gasteiger partial charge in [0.2, 0.25) is 0 Å². The standard InChI is InChI=1S/C20H29N5S/c1-14-4-5-18(10-15(14)2)24-20(21)22-11-17-6-8-25(9-7-17)12-19-13-26-16(3)23-19/h4-5,10,13,17H,6-9,11-12H2,1-3H3,(H3,21,22,24). The summed E-state index contributed by atoms with van der Waals surface area (Å²) >= 11 is 1.73. The number of guanidine groups is 1. The van der Waals surface area contributed by atoms with Crippen molar-refractivity contribution in [3.8, 4) is 0 Å². The Kier molecular flexibility index (Phi) is 6.27. The van der Waals surface area contributed by atoms with Gasteiger partial charge in [-0.3, -0.25) is 9.89 Å². The molecule has 2 aromatic rings. The average molecular weight is 372 g/mol. The van der Waals surface area contributed by atoms with E-state index in [1.807, 2.05) is 6.07 Å². The topological polar surface area (TPSA) is 66.5 Å². The maximum atomic E-state index is 6.06. The van der Waals surface area contributed by atoms with Gasteiger partial charge in [-0.1, -0.05) is 6.07 Å². The Morgan fingerprint density at radius 3 is 2.69 bits per heavy atom. The lowest BCUT2D eigenvalue weighted by Crippen LogP contribution is -2.34. The van der Waals surface area contributed by atoms with Crippen LogP contribution in [-0.4, -0.2) is 35.5 Å². The second kappa shape index (κ2) is 8.64. The van der Waals surface area contributed by atoms with Crippen molar-refractivity contribution in [2.24, 2.45) is 16.6 Å². The fraction of sp³-hybridized carbons (Fsp3) is 0.500. The van der Waals surface area contributed by atoms with E-state index in [0.29, 0.717) is 11.9 Å². The Balaban J connectivity index is 1.43. The maximum absolute atomic E-state index is 6.06. The van der Waals surface area contributed by atoms with Crippen LogP contribution in [0.25, 0.3) is 0 Å². The highest BCUT2D eigenvalue weighted by atomic mass is 32.1. The number of hydrogen-bond donors (Lipinski definition) is 2. The summed E-state index contributed by atoms with van der Waals surface area (Å²) < 4.78 is 0. The molecule has 1 saturated heterocycles. The van der Waals surface area contributed by atoms with Crippen LogP contribution >= 0.6 is 11.3 Å². The number of nitrogens with zero attached hydrogens (tertiary/aromatic N) is 3. The SMILES string of the molecule is Cc1nc(CN2CCC(CN=C(N)Nc3ccc(C)c(C)c3)CC2)cs1. The molecule has 1 fully saturated rings. The zero-order valence-electron chi connectivity index (χ0n) is 16.0. The summed E-state index contributed by atoms with van der Waals surface area (Å²) in [6.45, 7) is 10.3. The van der Waals surface area contributed by atoms with Gasteiger partial charge in [0, 0.05) is 24.2 Å². The van der Waals surface area contributed by atoms with Crippen LogP contribution in [0.2, 0.25) is 0 Å². The van der Waals surface area contributed by atoms with Crippen molar-refractivity contribution in [1.29, 1.82) is 0 Å². The van der Waals surface area contributed by atoms with Gasteiger partial charge in [-0.25, -0.2) is 4.98 Å². The van der Waals surface area contributed by atoms with Crippen molar-refractivity contribution in [3.05, 3.63) is 45.4 Å². The van der Waals surface area contributed by atoms with Crippen molar-refractivity contribution < 1.29 is 0 Å². The minimum atomic E-state index is 0.508. The minimum absolute atomic E-state index is 0.508. The molecular weight excluding hydrogens is 342 g/mol. The van der Waals surface area contributed by atoms with E-state index in [0.717, 1.165) is 36.9 Å². The summed E-state index contributed by atoms with van der Waals surface area (Å²) in [7, 11) is 0. The van der Waals surface area contributed by atoms with Gasteiger partial charge in [-0.2, -0.15) is 0 Å². The number of rotatable bonds is 5. The number of aromatic nitrogens is 1. The van der Waals surface area contributed by atoms with Crippen LogP contribution in [0, 0.1) is 26.7 Å². The molecule has 1 aromatic carbocycles. The Morgan fingerprint density at radius 2 is 2.04 bits per heavy atom. The second-order valence-corrected chi connectivity index (χ2v) is 8.29. The van der Waals surface area contributed by atoms with Crippen molar-refractivity contribution in [2.45, 2.75) is 40.2 Å². The molecule has 0 amide bonds. The van der Waals surface area contributed by atoms with Crippen LogP contribution in [0.5, 0.6) is 0 Å². The summed E-state index contributed by atoms with van der Waals surface area (Å²) in [5, 5.41) is 6.52. The van der Waals surface area contributed by atoms with Crippen LogP contribution in [0.3, 0.4) is 0 Å². The van der Waals surface area contributed by atoms with Gasteiger partial charge in [0.05, 0.1) is 10.7 Å². The zero-order valence-corrected chi connectivity index (χ0v) is 16.8. The second-order valence-electron chi connectivity index (χ2n) is 7.23. The molecule has 140 valence electrons. The fourth-order valence-electron chi connectivity index (χ4n) is 3.27. The average Bonchev–Trinajstić information content (AvgIpc) is 3.02. The zero-order chi connectivity index (χ0) is 18.5. The van der Waals surface area contributed by atoms with Gasteiger partial charge in [-0.15, -0.1) is 11.3 Å². The number of likely N-dealkylation sites (tertiary alicyclic amines) is 1. The summed E-state index contributed by atoms with van der Waals surface area (Å²) in [5.74, 6) is 1.12. The normalized spacial score (nSPS) is 16.8. The lowest BCUT2D eigenvalue weighted by atomic mass is 9.97. The molecule has 3 N–H and O–H groups in total. The largest absolute Gasteiger partial charge is 0.370 e. The summed E-state index contributed by atoms with van der Waals surface area (Å²) in [5.41, 5.74) is 10.8. The van der Waals surface area contributed by atoms with Crippen molar-refractivity contribution in [3.63, 3.8) is 0 Å². The first-order chi connectivity index (χ1) is 12.5. The summed E-state index contributed by atoms with van der Waals surface area (Å²) in [6, 6.07) is 6.25. The van der Waals surface area contributed by atoms with Gasteiger partial charge in [0.25, 0.3) is 0 Å². The Bertz CT molecular complexity index is 759. The summed E-state index contributed by atoms with van der Waals surface area (Å²) in [6.07, 6.45) is 2.34. The molecular formula is C20H29N5S. The molecule has 1 aliphatic heterocycles. The molecule has 0 saturated carbocycles. The quantitative estimate of drug-likeness (QED) is 0.621. The van der Waals surface area contributed by atoms with Gasteiger partial charge in [-0.05, 0) is 75.9 Å². The molecule has 3 rings (SSSR count). The number of piperidine rings is 1. The molecule has 0 bridgehead atoms. The van der Waals surface area contributed by atoms with E-state index in [-0.39, 0.29) is 0 Å². The number of benzene rings is 1. The third-order valence-corrected chi connectivity index (χ3v) is 5.88. The first-order valence-electron chi connectivity index (χ1n) is 9.27. The lowest BCUT2D eigenvalue weighted by Gasteiger charge is -2.30. The highest BCUT2D eigenvalue weighted by molar-refractivity contribution is 7.09. The van der Waals surface area contributed by atoms with E-state index in [2.05, 4.69) is 58.5 Å². The van der Waals surface area contributed by atoms with Gasteiger partial charge in [0.1, 0.15) is 0 Å². The van der Waals surface area contributed by atoms with Gasteiger partial charge >= 0.3 is 0 Å². The number of anilines is 1. The van der Waals surface area contributed by atoms with Crippen LogP contribution in [0.15, 0.2) is 28.6 Å². The van der Waals surface area contributed by atoms with Crippen LogP contribution in [0.1, 0.15) is 34.7 Å². The number of nitrogens with one attached hydrogen (secondary N) is 1. The van der Waals surface area contributed by atoms with E-state index in [9.17, 15) is 0 Å². The summed E-state index contributed by atoms with van der Waals surface area (Å²) in [4.78, 5) is 11.6. The monoisotopic (exact) mass is 371 g/mol. The first-order valence-corrected chi connectivity index (χ1v) is 10.1. The first kappa shape index (κ1) is 18.9. The lowest BCUT2D eigenvalue weighted by molar-refractivity contribution is 0.179. The van der Waals surface area contributed by atoms with Crippen LogP contribution in [-0.2, 0) is 6.54 Å². The Labute approximate surface area is 160 Å². The highest BCUT2D eigenvalue weighted by Gasteiger charge is 2.19. The fourth-order valence-corrected chi connectivity index (χ4v) is 3.87. The highest BCUT2D eigenvalue weighted by Crippen LogP contribution is 2.20. The molecule has 0 atom stereocenters. The predicted octanol–water partition coefficient (Wildman–Crippen LogP) is 3.71. The molecule has 0 radical (unpaired) electrons. The van der Waals surface area contributed by atoms with Gasteiger partial charge < -0.3 is 11.1 Å². The van der Waals surface area contributed by atoms with E-state index in [4.69, 9.17) is 5.73 Å². The van der Waals surface area contributed by atoms with Crippen molar-refractivity contribution in [1.82, 2.24) is 9.88 Å². The predicted molar refractivity (Wildman–Crippen MR) is 111 cm³/mol. The third kappa shape index (κ3) is 5.29. The van der Waals surface area contributed by atoms with Gasteiger partial charge in [0.15, 0.2) is 5.96 Å². The van der Waals surface area contributed by atoms with Crippen LogP contribution < -0.4 is 11.1 Å². The molecule has 26 heavy (non-hydrogen) atoms. The van der Waals surface area contributed by atoms with Crippen molar-refractivity contribution >= 4 is 23.0 Å². The number of aliphatic imine (C=N–C) groups is 1. The molecule has 1 aromatic heterocycles. The number of aryl methyl sites for hydroxylation is 3.